The number of nitro benzene ring substituents is 1. The fraction of sp³-hybridized carbons (Fsp3) is 0.250. The molecular weight excluding hydrogens is 282 g/mol. The highest BCUT2D eigenvalue weighted by atomic mass is 16.6. The lowest BCUT2D eigenvalue weighted by molar-refractivity contribution is -0.384. The maximum Gasteiger partial charge on any atom is 0.335 e. The van der Waals surface area contributed by atoms with E-state index in [9.17, 15) is 24.5 Å². The van der Waals surface area contributed by atoms with Crippen molar-refractivity contribution in [1.29, 1.82) is 0 Å². The number of nitro groups is 1. The first kappa shape index (κ1) is 16.1. The molecule has 2 amide bonds. The molecule has 9 heteroatoms. The van der Waals surface area contributed by atoms with Crippen LogP contribution in [0.1, 0.15) is 27.6 Å². The molecule has 21 heavy (non-hydrogen) atoms. The van der Waals surface area contributed by atoms with Crippen LogP contribution in [0, 0.1) is 10.1 Å². The third-order valence-electron chi connectivity index (χ3n) is 2.42. The van der Waals surface area contributed by atoms with Crippen LogP contribution < -0.4 is 10.6 Å². The highest BCUT2D eigenvalue weighted by Gasteiger charge is 2.17. The molecule has 0 aliphatic carbocycles. The van der Waals surface area contributed by atoms with E-state index in [0.717, 1.165) is 18.2 Å². The predicted octanol–water partition coefficient (Wildman–Crippen LogP) is 0.159. The van der Waals surface area contributed by atoms with E-state index in [2.05, 4.69) is 10.6 Å². The number of hydrogen-bond acceptors (Lipinski definition) is 5. The van der Waals surface area contributed by atoms with Crippen LogP contribution in [-0.2, 0) is 4.79 Å². The van der Waals surface area contributed by atoms with E-state index in [1.165, 1.54) is 6.92 Å². The van der Waals surface area contributed by atoms with E-state index in [-0.39, 0.29) is 30.1 Å². The molecule has 0 bridgehead atoms. The molecule has 9 nitrogen and oxygen atoms in total. The van der Waals surface area contributed by atoms with Crippen molar-refractivity contribution < 1.29 is 24.4 Å². The average Bonchev–Trinajstić information content (AvgIpc) is 2.42. The van der Waals surface area contributed by atoms with Crippen molar-refractivity contribution in [2.45, 2.75) is 6.92 Å². The Kier molecular flexibility index (Phi) is 5.35. The van der Waals surface area contributed by atoms with Crippen molar-refractivity contribution in [2.75, 3.05) is 13.1 Å². The number of non-ortho nitro benzene ring substituents is 1. The molecule has 3 N–H and O–H groups in total. The molecule has 0 aliphatic heterocycles. The Bertz CT molecular complexity index is 566. The zero-order valence-corrected chi connectivity index (χ0v) is 11.1. The molecule has 0 radical (unpaired) electrons. The van der Waals surface area contributed by atoms with Crippen LogP contribution in [0.5, 0.6) is 0 Å². The van der Waals surface area contributed by atoms with Crippen molar-refractivity contribution in [3.63, 3.8) is 0 Å². The Morgan fingerprint density at radius 1 is 1.14 bits per heavy atom. The summed E-state index contributed by atoms with van der Waals surface area (Å²) in [6, 6.07) is 2.90. The van der Waals surface area contributed by atoms with Gasteiger partial charge in [-0.1, -0.05) is 0 Å². The van der Waals surface area contributed by atoms with Gasteiger partial charge in [0.1, 0.15) is 0 Å². The summed E-state index contributed by atoms with van der Waals surface area (Å²) in [5, 5.41) is 24.5. The maximum absolute atomic E-state index is 11.8. The van der Waals surface area contributed by atoms with Crippen LogP contribution >= 0.6 is 0 Å². The minimum absolute atomic E-state index is 0.115. The number of nitrogens with one attached hydrogen (secondary N) is 2. The topological polar surface area (TPSA) is 139 Å². The van der Waals surface area contributed by atoms with Crippen LogP contribution in [0.3, 0.4) is 0 Å². The summed E-state index contributed by atoms with van der Waals surface area (Å²) >= 11 is 0. The largest absolute Gasteiger partial charge is 0.478 e. The van der Waals surface area contributed by atoms with Crippen LogP contribution in [0.2, 0.25) is 0 Å². The second kappa shape index (κ2) is 6.98. The predicted molar refractivity (Wildman–Crippen MR) is 71.1 cm³/mol. The molecular formula is C12H13N3O6. The number of carboxylic acids is 1. The van der Waals surface area contributed by atoms with Gasteiger partial charge in [-0.05, 0) is 6.07 Å². The van der Waals surface area contributed by atoms with E-state index in [0.29, 0.717) is 0 Å². The number of carboxylic acid groups (broad SMARTS) is 1. The first-order chi connectivity index (χ1) is 9.81. The van der Waals surface area contributed by atoms with Gasteiger partial charge < -0.3 is 15.7 Å². The number of hydrogen-bond donors (Lipinski definition) is 3. The van der Waals surface area contributed by atoms with Gasteiger partial charge in [-0.25, -0.2) is 4.79 Å². The first-order valence-electron chi connectivity index (χ1n) is 5.86. The minimum atomic E-state index is -1.37. The number of amides is 2. The molecule has 112 valence electrons. The van der Waals surface area contributed by atoms with Gasteiger partial charge in [0, 0.05) is 37.7 Å². The average molecular weight is 295 g/mol. The monoisotopic (exact) mass is 295 g/mol. The summed E-state index contributed by atoms with van der Waals surface area (Å²) < 4.78 is 0. The molecule has 1 rings (SSSR count). The van der Waals surface area contributed by atoms with Gasteiger partial charge >= 0.3 is 5.97 Å². The normalized spacial score (nSPS) is 9.76. The van der Waals surface area contributed by atoms with Gasteiger partial charge in [0.15, 0.2) is 0 Å². The van der Waals surface area contributed by atoms with E-state index in [4.69, 9.17) is 5.11 Å². The number of benzene rings is 1. The van der Waals surface area contributed by atoms with Gasteiger partial charge in [-0.2, -0.15) is 0 Å². The lowest BCUT2D eigenvalue weighted by Gasteiger charge is -2.06. The van der Waals surface area contributed by atoms with Crippen LogP contribution in [0.25, 0.3) is 0 Å². The van der Waals surface area contributed by atoms with Gasteiger partial charge in [0.05, 0.1) is 10.5 Å². The van der Waals surface area contributed by atoms with Gasteiger partial charge in [-0.3, -0.25) is 19.7 Å². The molecule has 0 saturated carbocycles. The molecule has 1 aromatic rings. The highest BCUT2D eigenvalue weighted by Crippen LogP contribution is 2.17. The third-order valence-corrected chi connectivity index (χ3v) is 2.42. The van der Waals surface area contributed by atoms with Gasteiger partial charge in [0.2, 0.25) is 5.91 Å². The van der Waals surface area contributed by atoms with Crippen molar-refractivity contribution in [1.82, 2.24) is 10.6 Å². The maximum atomic E-state index is 11.8. The van der Waals surface area contributed by atoms with Crippen molar-refractivity contribution in [3.05, 3.63) is 39.4 Å². The Morgan fingerprint density at radius 2 is 1.71 bits per heavy atom. The van der Waals surface area contributed by atoms with E-state index < -0.39 is 22.5 Å². The molecule has 0 spiro atoms. The zero-order chi connectivity index (χ0) is 16.0. The number of nitrogens with zero attached hydrogens (tertiary/aromatic N) is 1. The molecule has 0 atom stereocenters. The zero-order valence-electron chi connectivity index (χ0n) is 11.1. The van der Waals surface area contributed by atoms with Crippen LogP contribution in [0.15, 0.2) is 18.2 Å². The van der Waals surface area contributed by atoms with Gasteiger partial charge in [-0.15, -0.1) is 0 Å². The SMILES string of the molecule is CC(=O)NCCNC(=O)c1cc(C(=O)O)cc([N+](=O)[O-])c1. The quantitative estimate of drug-likeness (QED) is 0.388. The second-order valence-electron chi connectivity index (χ2n) is 4.07. The number of carbonyl (C=O) groups excluding carboxylic acids is 2. The smallest absolute Gasteiger partial charge is 0.335 e. The lowest BCUT2D eigenvalue weighted by atomic mass is 10.1. The van der Waals surface area contributed by atoms with E-state index in [1.54, 1.807) is 0 Å². The van der Waals surface area contributed by atoms with E-state index >= 15 is 0 Å². The fourth-order valence-corrected chi connectivity index (χ4v) is 1.49. The van der Waals surface area contributed by atoms with Crippen molar-refractivity contribution in [3.8, 4) is 0 Å². The number of aromatic carboxylic acids is 1. The third kappa shape index (κ3) is 4.90. The summed E-state index contributed by atoms with van der Waals surface area (Å²) in [6.07, 6.45) is 0. The van der Waals surface area contributed by atoms with Gasteiger partial charge in [0.25, 0.3) is 11.6 Å². The molecule has 0 saturated heterocycles. The molecule has 0 heterocycles. The second-order valence-corrected chi connectivity index (χ2v) is 4.07. The summed E-state index contributed by atoms with van der Waals surface area (Å²) in [4.78, 5) is 43.3. The Hall–Kier alpha value is -2.97. The van der Waals surface area contributed by atoms with Crippen LogP contribution in [-0.4, -0.2) is 40.9 Å². The molecule has 0 fully saturated rings. The van der Waals surface area contributed by atoms with Crippen molar-refractivity contribution in [2.24, 2.45) is 0 Å². The summed E-state index contributed by atoms with van der Waals surface area (Å²) in [5.41, 5.74) is -0.970. The highest BCUT2D eigenvalue weighted by molar-refractivity contribution is 5.98. The summed E-state index contributed by atoms with van der Waals surface area (Å²) in [6.45, 7) is 1.63. The molecule has 0 aromatic heterocycles. The standard InChI is InChI=1S/C12H13N3O6/c1-7(16)13-2-3-14-11(17)8-4-9(12(18)19)6-10(5-8)15(20)21/h4-6H,2-3H2,1H3,(H,13,16)(H,14,17)(H,18,19). The minimum Gasteiger partial charge on any atom is -0.478 e. The molecule has 0 unspecified atom stereocenters. The lowest BCUT2D eigenvalue weighted by Crippen LogP contribution is -2.33. The Balaban J connectivity index is 2.85. The first-order valence-corrected chi connectivity index (χ1v) is 5.86. The van der Waals surface area contributed by atoms with Crippen molar-refractivity contribution >= 4 is 23.5 Å². The van der Waals surface area contributed by atoms with E-state index in [1.807, 2.05) is 0 Å². The molecule has 0 aliphatic rings. The summed E-state index contributed by atoms with van der Waals surface area (Å²) in [5.74, 6) is -2.29. The fourth-order valence-electron chi connectivity index (χ4n) is 1.49. The molecule has 1 aromatic carbocycles. The number of rotatable bonds is 6. The Morgan fingerprint density at radius 3 is 2.24 bits per heavy atom. The van der Waals surface area contributed by atoms with Crippen LogP contribution in [0.4, 0.5) is 5.69 Å². The summed E-state index contributed by atoms with van der Waals surface area (Å²) in [7, 11) is 0. The Labute approximate surface area is 119 Å². The number of carbonyl (C=O) groups is 3.